The van der Waals surface area contributed by atoms with E-state index in [4.69, 9.17) is 0 Å². The third-order valence-corrected chi connectivity index (χ3v) is 5.54. The Morgan fingerprint density at radius 1 is 1.45 bits per heavy atom. The Labute approximate surface area is 134 Å². The van der Waals surface area contributed by atoms with Gasteiger partial charge in [0.15, 0.2) is 0 Å². The molecular formula is C16H22N4OS. The van der Waals surface area contributed by atoms with E-state index in [1.807, 2.05) is 13.8 Å². The van der Waals surface area contributed by atoms with Crippen LogP contribution in [0.2, 0.25) is 0 Å². The highest BCUT2D eigenvalue weighted by atomic mass is 32.1. The second kappa shape index (κ2) is 6.12. The molecule has 0 fully saturated rings. The lowest BCUT2D eigenvalue weighted by atomic mass is 10.1. The average Bonchev–Trinajstić information content (AvgIpc) is 3.01. The maximum Gasteiger partial charge on any atom is 0.261 e. The largest absolute Gasteiger partial charge is 0.366 e. The molecule has 1 amide bonds. The molecule has 2 N–H and O–H groups in total. The van der Waals surface area contributed by atoms with Crippen molar-refractivity contribution in [2.45, 2.75) is 39.7 Å². The van der Waals surface area contributed by atoms with Crippen molar-refractivity contribution in [2.24, 2.45) is 0 Å². The molecule has 3 heterocycles. The van der Waals surface area contributed by atoms with Crippen LogP contribution >= 0.6 is 11.3 Å². The van der Waals surface area contributed by atoms with Gasteiger partial charge in [0.05, 0.1) is 15.6 Å². The number of rotatable bonds is 3. The van der Waals surface area contributed by atoms with Crippen LogP contribution in [0.25, 0.3) is 0 Å². The SMILES string of the molecule is Cc1n[nH]c(C)c1CNC(=O)c1cc2c(s1)N(C)CCCC2. The molecule has 0 aliphatic carbocycles. The first-order valence-corrected chi connectivity index (χ1v) is 8.50. The summed E-state index contributed by atoms with van der Waals surface area (Å²) >= 11 is 1.60. The molecular weight excluding hydrogens is 296 g/mol. The summed E-state index contributed by atoms with van der Waals surface area (Å²) in [5, 5.41) is 11.4. The van der Waals surface area contributed by atoms with E-state index in [0.29, 0.717) is 6.54 Å². The molecule has 6 heteroatoms. The van der Waals surface area contributed by atoms with Crippen LogP contribution in [0.4, 0.5) is 5.00 Å². The fourth-order valence-corrected chi connectivity index (χ4v) is 4.00. The van der Waals surface area contributed by atoms with Crippen LogP contribution in [0.15, 0.2) is 6.07 Å². The predicted octanol–water partition coefficient (Wildman–Crippen LogP) is 2.79. The summed E-state index contributed by atoms with van der Waals surface area (Å²) < 4.78 is 0. The maximum atomic E-state index is 12.4. The molecule has 118 valence electrons. The fraction of sp³-hybridized carbons (Fsp3) is 0.500. The summed E-state index contributed by atoms with van der Waals surface area (Å²) in [6, 6.07) is 2.06. The zero-order valence-corrected chi connectivity index (χ0v) is 14.1. The maximum absolute atomic E-state index is 12.4. The second-order valence-corrected chi connectivity index (χ2v) is 6.95. The highest BCUT2D eigenvalue weighted by molar-refractivity contribution is 7.18. The molecule has 2 aromatic rings. The molecule has 1 aliphatic heterocycles. The van der Waals surface area contributed by atoms with Gasteiger partial charge in [-0.2, -0.15) is 5.10 Å². The topological polar surface area (TPSA) is 61.0 Å². The Morgan fingerprint density at radius 3 is 3.00 bits per heavy atom. The van der Waals surface area contributed by atoms with E-state index in [2.05, 4.69) is 33.5 Å². The van der Waals surface area contributed by atoms with Crippen molar-refractivity contribution in [3.05, 3.63) is 33.5 Å². The molecule has 3 rings (SSSR count). The number of anilines is 1. The summed E-state index contributed by atoms with van der Waals surface area (Å²) in [5.74, 6) is 0.00599. The molecule has 22 heavy (non-hydrogen) atoms. The first-order chi connectivity index (χ1) is 10.6. The number of hydrogen-bond acceptors (Lipinski definition) is 4. The minimum absolute atomic E-state index is 0.00599. The van der Waals surface area contributed by atoms with Gasteiger partial charge in [-0.15, -0.1) is 11.3 Å². The molecule has 0 bridgehead atoms. The van der Waals surface area contributed by atoms with Gasteiger partial charge in [-0.3, -0.25) is 9.89 Å². The van der Waals surface area contributed by atoms with E-state index >= 15 is 0 Å². The van der Waals surface area contributed by atoms with Crippen LogP contribution in [0, 0.1) is 13.8 Å². The minimum atomic E-state index is 0.00599. The molecule has 0 spiro atoms. The monoisotopic (exact) mass is 318 g/mol. The zero-order valence-electron chi connectivity index (χ0n) is 13.3. The van der Waals surface area contributed by atoms with Crippen molar-refractivity contribution >= 4 is 22.2 Å². The van der Waals surface area contributed by atoms with E-state index in [9.17, 15) is 4.79 Å². The first-order valence-electron chi connectivity index (χ1n) is 7.68. The Kier molecular flexibility index (Phi) is 4.20. The number of aromatic amines is 1. The summed E-state index contributed by atoms with van der Waals surface area (Å²) in [6.45, 7) is 5.52. The Bertz CT molecular complexity index is 669. The van der Waals surface area contributed by atoms with Crippen molar-refractivity contribution in [1.82, 2.24) is 15.5 Å². The van der Waals surface area contributed by atoms with Crippen LogP contribution in [-0.4, -0.2) is 29.7 Å². The summed E-state index contributed by atoms with van der Waals surface area (Å²) in [4.78, 5) is 15.5. The van der Waals surface area contributed by atoms with E-state index < -0.39 is 0 Å². The number of nitrogens with one attached hydrogen (secondary N) is 2. The quantitative estimate of drug-likeness (QED) is 0.915. The van der Waals surface area contributed by atoms with Gasteiger partial charge in [0.2, 0.25) is 0 Å². The highest BCUT2D eigenvalue weighted by Gasteiger charge is 2.19. The number of carbonyl (C=O) groups is 1. The van der Waals surface area contributed by atoms with Crippen molar-refractivity contribution in [3.63, 3.8) is 0 Å². The molecule has 0 saturated carbocycles. The first kappa shape index (κ1) is 15.1. The third-order valence-electron chi connectivity index (χ3n) is 4.25. The smallest absolute Gasteiger partial charge is 0.261 e. The lowest BCUT2D eigenvalue weighted by Crippen LogP contribution is -2.22. The number of aromatic nitrogens is 2. The Morgan fingerprint density at radius 2 is 2.27 bits per heavy atom. The van der Waals surface area contributed by atoms with Crippen molar-refractivity contribution in [2.75, 3.05) is 18.5 Å². The van der Waals surface area contributed by atoms with Gasteiger partial charge in [-0.25, -0.2) is 0 Å². The fourth-order valence-electron chi connectivity index (χ4n) is 2.89. The minimum Gasteiger partial charge on any atom is -0.366 e. The van der Waals surface area contributed by atoms with Crippen molar-refractivity contribution in [3.8, 4) is 0 Å². The molecule has 0 radical (unpaired) electrons. The van der Waals surface area contributed by atoms with Crippen LogP contribution in [-0.2, 0) is 13.0 Å². The predicted molar refractivity (Wildman–Crippen MR) is 89.8 cm³/mol. The number of carbonyl (C=O) groups excluding carboxylic acids is 1. The van der Waals surface area contributed by atoms with Crippen LogP contribution < -0.4 is 10.2 Å². The Hall–Kier alpha value is -1.82. The second-order valence-electron chi connectivity index (χ2n) is 5.91. The molecule has 2 aromatic heterocycles. The molecule has 5 nitrogen and oxygen atoms in total. The highest BCUT2D eigenvalue weighted by Crippen LogP contribution is 2.34. The standard InChI is InChI=1S/C16H22N4OS/c1-10-13(11(2)19-18-10)9-17-15(21)14-8-12-6-4-5-7-20(3)16(12)22-14/h8H,4-7,9H2,1-3H3,(H,17,21)(H,18,19). The molecule has 0 atom stereocenters. The number of amides is 1. The third kappa shape index (κ3) is 2.88. The van der Waals surface area contributed by atoms with Crippen LogP contribution in [0.5, 0.6) is 0 Å². The van der Waals surface area contributed by atoms with E-state index in [-0.39, 0.29) is 5.91 Å². The normalized spacial score (nSPS) is 14.6. The summed E-state index contributed by atoms with van der Waals surface area (Å²) in [6.07, 6.45) is 3.49. The molecule has 0 unspecified atom stereocenters. The van der Waals surface area contributed by atoms with Crippen molar-refractivity contribution < 1.29 is 4.79 Å². The van der Waals surface area contributed by atoms with Gasteiger partial charge in [0, 0.05) is 31.4 Å². The lowest BCUT2D eigenvalue weighted by Gasteiger charge is -2.15. The van der Waals surface area contributed by atoms with E-state index in [0.717, 1.165) is 34.8 Å². The molecule has 1 aliphatic rings. The average molecular weight is 318 g/mol. The van der Waals surface area contributed by atoms with Crippen LogP contribution in [0.3, 0.4) is 0 Å². The number of nitrogens with zero attached hydrogens (tertiary/aromatic N) is 2. The summed E-state index contributed by atoms with van der Waals surface area (Å²) in [5.41, 5.74) is 4.34. The number of aryl methyl sites for hydroxylation is 3. The van der Waals surface area contributed by atoms with Gasteiger partial charge in [-0.1, -0.05) is 0 Å². The zero-order chi connectivity index (χ0) is 15.7. The van der Waals surface area contributed by atoms with Gasteiger partial charge in [0.1, 0.15) is 0 Å². The number of thiophene rings is 1. The van der Waals surface area contributed by atoms with E-state index in [1.54, 1.807) is 11.3 Å². The number of fused-ring (bicyclic) bond motifs is 1. The molecule has 0 aromatic carbocycles. The van der Waals surface area contributed by atoms with Gasteiger partial charge < -0.3 is 10.2 Å². The Balaban J connectivity index is 1.72. The number of H-pyrrole nitrogens is 1. The molecule has 0 saturated heterocycles. The van der Waals surface area contributed by atoms with E-state index in [1.165, 1.54) is 23.4 Å². The van der Waals surface area contributed by atoms with Crippen LogP contribution in [0.1, 0.15) is 45.0 Å². The lowest BCUT2D eigenvalue weighted by molar-refractivity contribution is 0.0955. The van der Waals surface area contributed by atoms with Crippen molar-refractivity contribution in [1.29, 1.82) is 0 Å². The van der Waals surface area contributed by atoms with Gasteiger partial charge in [0.25, 0.3) is 5.91 Å². The van der Waals surface area contributed by atoms with Gasteiger partial charge >= 0.3 is 0 Å². The van der Waals surface area contributed by atoms with Gasteiger partial charge in [-0.05, 0) is 44.7 Å². The summed E-state index contributed by atoms with van der Waals surface area (Å²) in [7, 11) is 2.11. The number of hydrogen-bond donors (Lipinski definition) is 2.